The van der Waals surface area contributed by atoms with Gasteiger partial charge in [0, 0.05) is 51.1 Å². The maximum absolute atomic E-state index is 12.9. The van der Waals surface area contributed by atoms with Gasteiger partial charge in [0.25, 0.3) is 0 Å². The monoisotopic (exact) mass is 680 g/mol. The molecule has 15 nitrogen and oxygen atoms in total. The second-order valence-corrected chi connectivity index (χ2v) is 15.8. The zero-order chi connectivity index (χ0) is 31.2. The molecule has 19 heteroatoms. The van der Waals surface area contributed by atoms with Crippen LogP contribution in [0.2, 0.25) is 0 Å². The highest BCUT2D eigenvalue weighted by Crippen LogP contribution is 2.48. The molecule has 2 rings (SSSR count). The molecule has 0 aromatic rings. The molecular weight excluding hydrogens is 634 g/mol. The zero-order valence-electron chi connectivity index (χ0n) is 24.0. The maximum atomic E-state index is 12.9. The molecule has 6 atom stereocenters. The molecule has 2 fully saturated rings. The molecule has 2 unspecified atom stereocenters. The third kappa shape index (κ3) is 13.8. The average Bonchev–Trinajstić information content (AvgIpc) is 3.53. The van der Waals surface area contributed by atoms with E-state index >= 15 is 0 Å². The Bertz CT molecular complexity index is 941. The second-order valence-electron chi connectivity index (χ2n) is 10.1. The number of nitrogens with two attached hydrogens (primary N) is 2. The third-order valence-electron chi connectivity index (χ3n) is 6.78. The third-order valence-corrected chi connectivity index (χ3v) is 11.3. The van der Waals surface area contributed by atoms with E-state index in [1.807, 2.05) is 0 Å². The summed E-state index contributed by atoms with van der Waals surface area (Å²) in [6, 6.07) is -1.29. The minimum Gasteiger partial charge on any atom is -0.391 e. The molecular formula is C23H46N4O11P2S2. The van der Waals surface area contributed by atoms with Crippen LogP contribution < -0.4 is 11.5 Å². The first-order valence-corrected chi connectivity index (χ1v) is 19.5. The van der Waals surface area contributed by atoms with Crippen LogP contribution in [0.4, 0.5) is 0 Å². The van der Waals surface area contributed by atoms with Crippen molar-refractivity contribution in [3.8, 4) is 0 Å². The Morgan fingerprint density at radius 1 is 0.833 bits per heavy atom. The minimum atomic E-state index is -4.64. The van der Waals surface area contributed by atoms with Crippen molar-refractivity contribution in [3.05, 3.63) is 0 Å². The van der Waals surface area contributed by atoms with Crippen LogP contribution in [0, 0.1) is 0 Å². The smallest absolute Gasteiger partial charge is 0.391 e. The van der Waals surface area contributed by atoms with Crippen LogP contribution >= 0.6 is 37.2 Å². The van der Waals surface area contributed by atoms with Gasteiger partial charge in [0.1, 0.15) is 0 Å². The molecule has 42 heavy (non-hydrogen) atoms. The van der Waals surface area contributed by atoms with Gasteiger partial charge in [-0.05, 0) is 38.6 Å². The lowest BCUT2D eigenvalue weighted by molar-refractivity contribution is -0.133. The van der Waals surface area contributed by atoms with Gasteiger partial charge in [-0.3, -0.25) is 27.7 Å². The lowest BCUT2D eigenvalue weighted by Crippen LogP contribution is -2.38. The standard InChI is InChI=1S/C23H46N4O11P2S2/c1-35-39(31,32)36-17-19-13-21(15-27(19)22(29)6-3-2-4-8-24)38-40(33,34)37-16-18-12-20(28)14-26(18)23(30)7-5-10-41-42-11-9-25/h18-21,28H,2-17,24-25H2,1H3,(H,31,32)(H,33,34)/t18-,19-,20+,21+/m0/s1. The van der Waals surface area contributed by atoms with Gasteiger partial charge in [0.05, 0.1) is 37.5 Å². The van der Waals surface area contributed by atoms with E-state index in [1.165, 1.54) is 9.80 Å². The number of rotatable bonds is 21. The first kappa shape index (κ1) is 37.9. The van der Waals surface area contributed by atoms with Gasteiger partial charge in [0.2, 0.25) is 11.8 Å². The quantitative estimate of drug-likeness (QED) is 0.0657. The predicted octanol–water partition coefficient (Wildman–Crippen LogP) is 1.45. The van der Waals surface area contributed by atoms with E-state index in [1.54, 1.807) is 21.6 Å². The highest BCUT2D eigenvalue weighted by molar-refractivity contribution is 8.76. The van der Waals surface area contributed by atoms with Crippen LogP contribution in [-0.2, 0) is 36.8 Å². The lowest BCUT2D eigenvalue weighted by Gasteiger charge is -2.26. The SMILES string of the molecule is COP(=O)(O)OC[C@@H]1C[C@@H](OP(=O)(O)OC[C@@H]2C[C@@H](O)CN2C(=O)CCCSSCCN)CN1C(=O)CCCCCN. The molecule has 0 aliphatic carbocycles. The fraction of sp³-hybridized carbons (Fsp3) is 0.913. The molecule has 2 amide bonds. The summed E-state index contributed by atoms with van der Waals surface area (Å²) < 4.78 is 44.7. The van der Waals surface area contributed by atoms with Crippen LogP contribution in [0.3, 0.4) is 0 Å². The Balaban J connectivity index is 1.92. The highest BCUT2D eigenvalue weighted by Gasteiger charge is 2.42. The van der Waals surface area contributed by atoms with Crippen molar-refractivity contribution in [3.63, 3.8) is 0 Å². The van der Waals surface area contributed by atoms with Gasteiger partial charge in [-0.2, -0.15) is 0 Å². The largest absolute Gasteiger partial charge is 0.472 e. The van der Waals surface area contributed by atoms with Crippen LogP contribution in [0.15, 0.2) is 0 Å². The van der Waals surface area contributed by atoms with Crippen LogP contribution in [0.25, 0.3) is 0 Å². The van der Waals surface area contributed by atoms with E-state index in [2.05, 4.69) is 4.52 Å². The number of amides is 2. The normalized spacial score (nSPS) is 25.5. The Morgan fingerprint density at radius 2 is 1.43 bits per heavy atom. The number of likely N-dealkylation sites (tertiary alicyclic amines) is 2. The summed E-state index contributed by atoms with van der Waals surface area (Å²) in [7, 11) is -4.64. The number of hydrogen-bond donors (Lipinski definition) is 5. The van der Waals surface area contributed by atoms with E-state index in [9.17, 15) is 33.6 Å². The summed E-state index contributed by atoms with van der Waals surface area (Å²) in [6.07, 6.45) is 1.82. The lowest BCUT2D eigenvalue weighted by atomic mass is 10.1. The van der Waals surface area contributed by atoms with Crippen molar-refractivity contribution in [1.82, 2.24) is 9.80 Å². The summed E-state index contributed by atoms with van der Waals surface area (Å²) in [4.78, 5) is 48.6. The van der Waals surface area contributed by atoms with E-state index in [4.69, 9.17) is 25.0 Å². The minimum absolute atomic E-state index is 0.0469. The Labute approximate surface area is 255 Å². The Kier molecular flexibility index (Phi) is 17.4. The number of phosphoric ester groups is 2. The summed E-state index contributed by atoms with van der Waals surface area (Å²) in [6.45, 7) is 0.510. The molecule has 2 saturated heterocycles. The number of carbonyl (C=O) groups excluding carboxylic acids is 2. The van der Waals surface area contributed by atoms with Gasteiger partial charge >= 0.3 is 15.6 Å². The van der Waals surface area contributed by atoms with E-state index in [-0.39, 0.29) is 63.8 Å². The number of aliphatic hydroxyl groups excluding tert-OH is 1. The first-order valence-electron chi connectivity index (χ1n) is 14.0. The average molecular weight is 681 g/mol. The van der Waals surface area contributed by atoms with Gasteiger partial charge < -0.3 is 36.2 Å². The number of carbonyl (C=O) groups is 2. The predicted molar refractivity (Wildman–Crippen MR) is 160 cm³/mol. The maximum Gasteiger partial charge on any atom is 0.472 e. The summed E-state index contributed by atoms with van der Waals surface area (Å²) >= 11 is 0. The number of nitrogens with zero attached hydrogens (tertiary/aromatic N) is 2. The molecule has 2 aliphatic rings. The number of β-amino-alcohol motifs (C(OH)–C–C–N with tert-alkyl or cyclic N) is 1. The van der Waals surface area contributed by atoms with E-state index in [0.717, 1.165) is 31.5 Å². The van der Waals surface area contributed by atoms with Crippen molar-refractivity contribution in [2.45, 2.75) is 75.7 Å². The van der Waals surface area contributed by atoms with Crippen LogP contribution in [0.1, 0.15) is 51.4 Å². The molecule has 0 saturated carbocycles. The van der Waals surface area contributed by atoms with Gasteiger partial charge in [0.15, 0.2) is 0 Å². The molecule has 246 valence electrons. The van der Waals surface area contributed by atoms with Gasteiger partial charge in [-0.25, -0.2) is 9.13 Å². The van der Waals surface area contributed by atoms with E-state index < -0.39 is 39.9 Å². The van der Waals surface area contributed by atoms with Gasteiger partial charge in [-0.1, -0.05) is 28.0 Å². The topological polar surface area (TPSA) is 224 Å². The number of unbranched alkanes of at least 4 members (excludes halogenated alkanes) is 2. The molecule has 0 spiro atoms. The molecule has 2 heterocycles. The second kappa shape index (κ2) is 19.3. The van der Waals surface area contributed by atoms with Crippen molar-refractivity contribution >= 4 is 49.0 Å². The van der Waals surface area contributed by atoms with Crippen molar-refractivity contribution < 1.29 is 51.7 Å². The van der Waals surface area contributed by atoms with Crippen LogP contribution in [0.5, 0.6) is 0 Å². The van der Waals surface area contributed by atoms with E-state index in [0.29, 0.717) is 25.9 Å². The highest BCUT2D eigenvalue weighted by atomic mass is 33.1. The zero-order valence-corrected chi connectivity index (χ0v) is 27.4. The fourth-order valence-corrected chi connectivity index (χ4v) is 8.09. The van der Waals surface area contributed by atoms with Gasteiger partial charge in [-0.15, -0.1) is 0 Å². The van der Waals surface area contributed by atoms with Crippen molar-refractivity contribution in [2.24, 2.45) is 11.5 Å². The number of aliphatic hydroxyl groups is 1. The molecule has 7 N–H and O–H groups in total. The molecule has 0 radical (unpaired) electrons. The fourth-order valence-electron chi connectivity index (χ4n) is 4.73. The Hall–Kier alpha value is -0.260. The Morgan fingerprint density at radius 3 is 2.07 bits per heavy atom. The molecule has 0 aromatic carbocycles. The number of hydrogen-bond acceptors (Lipinski definition) is 13. The molecule has 0 bridgehead atoms. The molecule has 0 aromatic heterocycles. The van der Waals surface area contributed by atoms with Crippen molar-refractivity contribution in [2.75, 3.05) is 58.0 Å². The van der Waals surface area contributed by atoms with Crippen molar-refractivity contribution in [1.29, 1.82) is 0 Å². The first-order chi connectivity index (χ1) is 19.9. The number of phosphoric acid groups is 2. The summed E-state index contributed by atoms with van der Waals surface area (Å²) in [5.74, 6) is 1.18. The van der Waals surface area contributed by atoms with Crippen LogP contribution in [-0.4, -0.2) is 119 Å². The molecule has 2 aliphatic heterocycles. The summed E-state index contributed by atoms with van der Waals surface area (Å²) in [5.41, 5.74) is 11.0. The summed E-state index contributed by atoms with van der Waals surface area (Å²) in [5, 5.41) is 10.1.